The van der Waals surface area contributed by atoms with Crippen LogP contribution in [0.15, 0.2) is 18.5 Å². The molecule has 9 heteroatoms. The van der Waals surface area contributed by atoms with Crippen molar-refractivity contribution in [3.63, 3.8) is 0 Å². The van der Waals surface area contributed by atoms with Crippen molar-refractivity contribution in [2.75, 3.05) is 31.7 Å². The first-order chi connectivity index (χ1) is 12.9. The molecule has 1 fully saturated rings. The van der Waals surface area contributed by atoms with Gasteiger partial charge in [-0.2, -0.15) is 5.10 Å². The summed E-state index contributed by atoms with van der Waals surface area (Å²) in [5.41, 5.74) is 1.81. The van der Waals surface area contributed by atoms with Crippen LogP contribution in [0.3, 0.4) is 0 Å². The molecule has 4 rings (SSSR count). The van der Waals surface area contributed by atoms with E-state index in [2.05, 4.69) is 10.00 Å². The molecule has 0 radical (unpaired) electrons. The lowest BCUT2D eigenvalue weighted by Crippen LogP contribution is -2.46. The van der Waals surface area contributed by atoms with E-state index in [4.69, 9.17) is 16.3 Å². The second kappa shape index (κ2) is 7.93. The number of aliphatic hydroxyl groups is 1. The number of fused-ring (bicyclic) bond motifs is 2. The van der Waals surface area contributed by atoms with Crippen LogP contribution in [-0.4, -0.2) is 55.7 Å². The van der Waals surface area contributed by atoms with E-state index in [1.54, 1.807) is 6.26 Å². The van der Waals surface area contributed by atoms with Crippen LogP contribution in [0.2, 0.25) is 4.34 Å². The summed E-state index contributed by atoms with van der Waals surface area (Å²) in [5, 5.41) is 14.6. The Labute approximate surface area is 170 Å². The molecule has 0 aliphatic carbocycles. The molecule has 27 heavy (non-hydrogen) atoms. The Morgan fingerprint density at radius 2 is 2.26 bits per heavy atom. The zero-order valence-corrected chi connectivity index (χ0v) is 17.7. The lowest BCUT2D eigenvalue weighted by molar-refractivity contribution is -0.129. The summed E-state index contributed by atoms with van der Waals surface area (Å²) in [4.78, 5) is 3.51. The summed E-state index contributed by atoms with van der Waals surface area (Å²) in [6.07, 6.45) is 6.87. The van der Waals surface area contributed by atoms with Crippen LogP contribution < -0.4 is 0 Å². The van der Waals surface area contributed by atoms with Crippen molar-refractivity contribution in [1.82, 2.24) is 14.7 Å². The van der Waals surface area contributed by atoms with Gasteiger partial charge in [0.25, 0.3) is 0 Å². The lowest BCUT2D eigenvalue weighted by atomic mass is 9.84. The second-order valence-electron chi connectivity index (χ2n) is 7.32. The summed E-state index contributed by atoms with van der Waals surface area (Å²) in [6, 6.07) is 1.89. The number of thiophene rings is 1. The quantitative estimate of drug-likeness (QED) is 0.791. The summed E-state index contributed by atoms with van der Waals surface area (Å²) in [5.74, 6) is 0.627. The van der Waals surface area contributed by atoms with Crippen molar-refractivity contribution in [3.05, 3.63) is 38.8 Å². The van der Waals surface area contributed by atoms with E-state index < -0.39 is 16.9 Å². The monoisotopic (exact) mass is 429 g/mol. The largest absolute Gasteiger partial charge is 0.386 e. The Morgan fingerprint density at radius 1 is 1.48 bits per heavy atom. The molecule has 1 N–H and O–H groups in total. The number of likely N-dealkylation sites (tertiary alicyclic amines) is 1. The zero-order chi connectivity index (χ0) is 19.0. The average molecular weight is 430 g/mol. The van der Waals surface area contributed by atoms with Crippen molar-refractivity contribution >= 4 is 33.7 Å². The maximum absolute atomic E-state index is 11.2. The first-order valence-electron chi connectivity index (χ1n) is 9.11. The highest BCUT2D eigenvalue weighted by Gasteiger charge is 2.44. The summed E-state index contributed by atoms with van der Waals surface area (Å²) < 4.78 is 20.0. The van der Waals surface area contributed by atoms with Gasteiger partial charge in [-0.25, -0.2) is 0 Å². The van der Waals surface area contributed by atoms with Crippen molar-refractivity contribution in [1.29, 1.82) is 0 Å². The van der Waals surface area contributed by atoms with Crippen LogP contribution in [0, 0.1) is 0 Å². The Balaban J connectivity index is 1.38. The Morgan fingerprint density at radius 3 is 3.00 bits per heavy atom. The highest BCUT2D eigenvalue weighted by molar-refractivity contribution is 7.84. The SMILES string of the molecule is CS(=O)CCn1cc(CN2CCC3(CC2)OCC(O)c2cc(Cl)sc23)cn1. The first-order valence-corrected chi connectivity index (χ1v) is 12.0. The van der Waals surface area contributed by atoms with Crippen molar-refractivity contribution in [3.8, 4) is 0 Å². The number of aliphatic hydroxyl groups excluding tert-OH is 1. The Bertz CT molecular complexity index is 830. The van der Waals surface area contributed by atoms with Crippen LogP contribution in [0.25, 0.3) is 0 Å². The molecule has 2 aromatic rings. The lowest BCUT2D eigenvalue weighted by Gasteiger charge is -2.44. The highest BCUT2D eigenvalue weighted by Crippen LogP contribution is 2.49. The van der Waals surface area contributed by atoms with Crippen LogP contribution in [0.1, 0.15) is 34.9 Å². The topological polar surface area (TPSA) is 67.6 Å². The smallest absolute Gasteiger partial charge is 0.105 e. The number of halogens is 1. The minimum Gasteiger partial charge on any atom is -0.386 e. The van der Waals surface area contributed by atoms with Gasteiger partial charge in [0.2, 0.25) is 0 Å². The number of nitrogens with zero attached hydrogens (tertiary/aromatic N) is 3. The zero-order valence-electron chi connectivity index (χ0n) is 15.3. The second-order valence-corrected chi connectivity index (χ2v) is 10.6. The molecular formula is C18H24ClN3O3S2. The van der Waals surface area contributed by atoms with Gasteiger partial charge in [-0.3, -0.25) is 13.8 Å². The third-order valence-corrected chi connectivity index (χ3v) is 7.61. The van der Waals surface area contributed by atoms with Gasteiger partial charge in [0.05, 0.1) is 23.7 Å². The number of aromatic nitrogens is 2. The number of rotatable bonds is 5. The van der Waals surface area contributed by atoms with Crippen molar-refractivity contribution < 1.29 is 14.1 Å². The maximum Gasteiger partial charge on any atom is 0.105 e. The Hall–Kier alpha value is -0.770. The molecule has 0 bridgehead atoms. The van der Waals surface area contributed by atoms with Gasteiger partial charge < -0.3 is 9.84 Å². The summed E-state index contributed by atoms with van der Waals surface area (Å²) in [7, 11) is -0.800. The van der Waals surface area contributed by atoms with E-state index >= 15 is 0 Å². The van der Waals surface area contributed by atoms with Gasteiger partial charge in [0.1, 0.15) is 11.7 Å². The van der Waals surface area contributed by atoms with E-state index in [0.717, 1.165) is 42.9 Å². The number of hydrogen-bond donors (Lipinski definition) is 1. The molecule has 4 heterocycles. The van der Waals surface area contributed by atoms with E-state index in [-0.39, 0.29) is 5.60 Å². The Kier molecular flexibility index (Phi) is 5.74. The fourth-order valence-corrected chi connectivity index (χ4v) is 5.84. The molecule has 148 valence electrons. The normalized spacial score (nSPS) is 23.4. The molecule has 0 saturated carbocycles. The summed E-state index contributed by atoms with van der Waals surface area (Å²) >= 11 is 7.75. The number of piperidine rings is 1. The molecular weight excluding hydrogens is 406 g/mol. The van der Waals surface area contributed by atoms with Crippen LogP contribution >= 0.6 is 22.9 Å². The highest BCUT2D eigenvalue weighted by atomic mass is 35.5. The molecule has 0 aromatic carbocycles. The fraction of sp³-hybridized carbons (Fsp3) is 0.611. The molecule has 0 amide bonds. The van der Waals surface area contributed by atoms with E-state index in [1.807, 2.05) is 23.1 Å². The maximum atomic E-state index is 11.2. The van der Waals surface area contributed by atoms with E-state index in [1.165, 1.54) is 16.9 Å². The minimum atomic E-state index is -0.800. The molecule has 2 unspecified atom stereocenters. The van der Waals surface area contributed by atoms with Gasteiger partial charge in [-0.15, -0.1) is 11.3 Å². The average Bonchev–Trinajstić information content (AvgIpc) is 3.26. The van der Waals surface area contributed by atoms with E-state index in [9.17, 15) is 9.32 Å². The number of aryl methyl sites for hydroxylation is 1. The fourth-order valence-electron chi connectivity index (χ4n) is 3.91. The van der Waals surface area contributed by atoms with Gasteiger partial charge in [0, 0.05) is 64.6 Å². The molecule has 2 atom stereocenters. The number of ether oxygens (including phenoxy) is 1. The van der Waals surface area contributed by atoms with E-state index in [0.29, 0.717) is 23.2 Å². The summed E-state index contributed by atoms with van der Waals surface area (Å²) in [6.45, 7) is 3.73. The molecule has 2 aliphatic rings. The molecule has 1 spiro atoms. The third-order valence-electron chi connectivity index (χ3n) is 5.39. The minimum absolute atomic E-state index is 0.307. The number of hydrogen-bond acceptors (Lipinski definition) is 6. The molecule has 2 aliphatic heterocycles. The van der Waals surface area contributed by atoms with Gasteiger partial charge in [-0.1, -0.05) is 11.6 Å². The van der Waals surface area contributed by atoms with Gasteiger partial charge in [-0.05, 0) is 18.9 Å². The van der Waals surface area contributed by atoms with Gasteiger partial charge >= 0.3 is 0 Å². The van der Waals surface area contributed by atoms with Crippen molar-refractivity contribution in [2.45, 2.75) is 37.6 Å². The van der Waals surface area contributed by atoms with Crippen LogP contribution in [-0.2, 0) is 34.2 Å². The van der Waals surface area contributed by atoms with Crippen LogP contribution in [0.5, 0.6) is 0 Å². The standard InChI is InChI=1S/C18H24ClN3O3S2/c1-27(24)7-6-22-11-13(9-20-22)10-21-4-2-18(3-5-21)17-14(8-16(19)26-17)15(23)12-25-18/h8-9,11,15,23H,2-7,10,12H2,1H3. The van der Waals surface area contributed by atoms with Crippen molar-refractivity contribution in [2.24, 2.45) is 0 Å². The molecule has 2 aromatic heterocycles. The predicted octanol–water partition coefficient (Wildman–Crippen LogP) is 2.53. The third kappa shape index (κ3) is 4.16. The predicted molar refractivity (Wildman–Crippen MR) is 108 cm³/mol. The first kappa shape index (κ1) is 19.5. The van der Waals surface area contributed by atoms with Crippen LogP contribution in [0.4, 0.5) is 0 Å². The van der Waals surface area contributed by atoms with Gasteiger partial charge in [0.15, 0.2) is 0 Å². The molecule has 1 saturated heterocycles. The molecule has 6 nitrogen and oxygen atoms in total.